The Bertz CT molecular complexity index is 1520. The quantitative estimate of drug-likeness (QED) is 0.210. The van der Waals surface area contributed by atoms with Crippen LogP contribution in [-0.4, -0.2) is 56.2 Å². The first-order chi connectivity index (χ1) is 20.9. The Kier molecular flexibility index (Phi) is 11.4. The Balaban J connectivity index is 2.01. The number of carbonyl (C=O) groups is 3. The van der Waals surface area contributed by atoms with Crippen LogP contribution in [0, 0.1) is 11.3 Å². The number of nitrogens with zero attached hydrogens (tertiary/aromatic N) is 1. The number of likely N-dealkylation sites (N-methyl/N-ethyl adjacent to an activating group) is 1. The van der Waals surface area contributed by atoms with Crippen molar-refractivity contribution in [2.75, 3.05) is 13.6 Å². The smallest absolute Gasteiger partial charge is 0.264 e. The second-order valence-electron chi connectivity index (χ2n) is 13.4. The molecule has 0 bridgehead atoms. The monoisotopic (exact) mass is 656 g/mol. The van der Waals surface area contributed by atoms with Gasteiger partial charge in [0, 0.05) is 23.3 Å². The highest BCUT2D eigenvalue weighted by atomic mass is 32.2. The number of rotatable bonds is 11. The Morgan fingerprint density at radius 2 is 1.62 bits per heavy atom. The van der Waals surface area contributed by atoms with Crippen LogP contribution in [-0.2, 0) is 35.6 Å². The molecule has 1 aliphatic heterocycles. The molecule has 246 valence electrons. The minimum atomic E-state index is -4.11. The summed E-state index contributed by atoms with van der Waals surface area (Å²) in [4.78, 5) is 43.3. The van der Waals surface area contributed by atoms with Crippen LogP contribution in [0.15, 0.2) is 71.1 Å². The van der Waals surface area contributed by atoms with E-state index in [2.05, 4.69) is 22.7 Å². The molecule has 1 aliphatic rings. The fourth-order valence-corrected chi connectivity index (χ4v) is 7.88. The molecule has 11 heteroatoms. The number of benzene rings is 2. The van der Waals surface area contributed by atoms with Crippen molar-refractivity contribution >= 4 is 40.4 Å². The molecule has 3 amide bonds. The molecular formula is C34H48N4O5S2. The van der Waals surface area contributed by atoms with Crippen molar-refractivity contribution in [3.63, 3.8) is 0 Å². The maximum absolute atomic E-state index is 14.8. The number of hydrogen-bond acceptors (Lipinski definition) is 7. The molecule has 1 fully saturated rings. The summed E-state index contributed by atoms with van der Waals surface area (Å²) in [7, 11) is -2.45. The lowest BCUT2D eigenvalue weighted by atomic mass is 9.55. The third-order valence-corrected chi connectivity index (χ3v) is 10.8. The van der Waals surface area contributed by atoms with Crippen LogP contribution in [0.4, 0.5) is 0 Å². The van der Waals surface area contributed by atoms with Gasteiger partial charge in [0.25, 0.3) is 15.9 Å². The molecule has 1 saturated heterocycles. The van der Waals surface area contributed by atoms with E-state index < -0.39 is 50.2 Å². The Morgan fingerprint density at radius 1 is 1.02 bits per heavy atom. The highest BCUT2D eigenvalue weighted by Gasteiger charge is 2.61. The van der Waals surface area contributed by atoms with E-state index in [9.17, 15) is 22.8 Å². The molecule has 0 aliphatic carbocycles. The van der Waals surface area contributed by atoms with Crippen LogP contribution in [0.25, 0.3) is 0 Å². The Hall–Kier alpha value is -3.15. The van der Waals surface area contributed by atoms with E-state index in [4.69, 9.17) is 5.73 Å². The average molecular weight is 657 g/mol. The standard InChI is InChI=1S/C34H48N4O5S2/c1-23(29(39)37-45(42,43)27-18-16-24(22-44)17-19-27)21-26-15-11-12-20-38(26)30(40)28(32(2,3)4)34(36-7,31(35)41)33(5,6)25-13-9-8-10-14-25/h8-10,13-14,16-19,21,26,28,36,44H,11-12,15,20,22H2,1-7H3,(H2,35,41)(H,37,39)/t26?,28-,34?/m0/s1. The number of carbonyl (C=O) groups excluding carboxylic acids is 3. The maximum Gasteiger partial charge on any atom is 0.264 e. The van der Waals surface area contributed by atoms with Gasteiger partial charge in [0.1, 0.15) is 5.54 Å². The van der Waals surface area contributed by atoms with Crippen molar-refractivity contribution in [3.05, 3.63) is 77.4 Å². The summed E-state index contributed by atoms with van der Waals surface area (Å²) in [5, 5.41) is 3.23. The highest BCUT2D eigenvalue weighted by molar-refractivity contribution is 7.90. The van der Waals surface area contributed by atoms with Gasteiger partial charge in [0.2, 0.25) is 11.8 Å². The molecule has 45 heavy (non-hydrogen) atoms. The Labute approximate surface area is 273 Å². The number of amides is 3. The van der Waals surface area contributed by atoms with Gasteiger partial charge in [-0.25, -0.2) is 13.1 Å². The molecule has 1 heterocycles. The summed E-state index contributed by atoms with van der Waals surface area (Å²) >= 11 is 4.19. The van der Waals surface area contributed by atoms with E-state index >= 15 is 0 Å². The van der Waals surface area contributed by atoms with Gasteiger partial charge >= 0.3 is 0 Å². The van der Waals surface area contributed by atoms with E-state index in [0.717, 1.165) is 24.0 Å². The number of piperidine rings is 1. The molecular weight excluding hydrogens is 609 g/mol. The predicted octanol–water partition coefficient (Wildman–Crippen LogP) is 4.33. The van der Waals surface area contributed by atoms with Gasteiger partial charge < -0.3 is 16.0 Å². The average Bonchev–Trinajstić information content (AvgIpc) is 2.99. The van der Waals surface area contributed by atoms with Gasteiger partial charge in [-0.05, 0) is 61.9 Å². The molecule has 4 N–H and O–H groups in total. The lowest BCUT2D eigenvalue weighted by Crippen LogP contribution is -2.74. The largest absolute Gasteiger partial charge is 0.368 e. The lowest BCUT2D eigenvalue weighted by molar-refractivity contribution is -0.154. The van der Waals surface area contributed by atoms with Crippen LogP contribution in [0.3, 0.4) is 0 Å². The SMILES string of the molecule is CNC(C(N)=O)([C@@H](C(=O)N1CCCCC1C=C(C)C(=O)NS(=O)(=O)c1ccc(CS)cc1)C(C)(C)C)C(C)(C)c1ccccc1. The van der Waals surface area contributed by atoms with Gasteiger partial charge in [-0.1, -0.05) is 83.2 Å². The molecule has 0 saturated carbocycles. The number of thiol groups is 1. The van der Waals surface area contributed by atoms with Crippen molar-refractivity contribution in [3.8, 4) is 0 Å². The summed E-state index contributed by atoms with van der Waals surface area (Å²) in [5.41, 5.74) is 5.01. The molecule has 2 unspecified atom stereocenters. The molecule has 2 aromatic rings. The molecule has 0 radical (unpaired) electrons. The number of nitrogens with one attached hydrogen (secondary N) is 2. The van der Waals surface area contributed by atoms with Crippen molar-refractivity contribution in [2.24, 2.45) is 17.1 Å². The molecule has 9 nitrogen and oxygen atoms in total. The van der Waals surface area contributed by atoms with Crippen LogP contribution in [0.2, 0.25) is 0 Å². The van der Waals surface area contributed by atoms with Gasteiger partial charge in [-0.3, -0.25) is 14.4 Å². The van der Waals surface area contributed by atoms with Crippen molar-refractivity contribution in [1.29, 1.82) is 0 Å². The van der Waals surface area contributed by atoms with Gasteiger partial charge in [-0.15, -0.1) is 0 Å². The van der Waals surface area contributed by atoms with Crippen molar-refractivity contribution in [1.82, 2.24) is 14.9 Å². The summed E-state index contributed by atoms with van der Waals surface area (Å²) in [6.07, 6.45) is 3.80. The molecule has 3 atom stereocenters. The van der Waals surface area contributed by atoms with E-state index in [0.29, 0.717) is 18.7 Å². The van der Waals surface area contributed by atoms with Crippen LogP contribution in [0.5, 0.6) is 0 Å². The first kappa shape index (κ1) is 36.3. The number of primary amides is 1. The third kappa shape index (κ3) is 7.47. The highest BCUT2D eigenvalue weighted by Crippen LogP contribution is 2.47. The van der Waals surface area contributed by atoms with Crippen molar-refractivity contribution in [2.45, 2.75) is 88.4 Å². The fraction of sp³-hybridized carbons (Fsp3) is 0.500. The zero-order valence-corrected chi connectivity index (χ0v) is 29.1. The number of nitrogens with two attached hydrogens (primary N) is 1. The summed E-state index contributed by atoms with van der Waals surface area (Å²) in [6, 6.07) is 15.2. The van der Waals surface area contributed by atoms with Crippen molar-refractivity contribution < 1.29 is 22.8 Å². The lowest BCUT2D eigenvalue weighted by Gasteiger charge is -2.54. The topological polar surface area (TPSA) is 139 Å². The summed E-state index contributed by atoms with van der Waals surface area (Å²) in [6.45, 7) is 11.6. The van der Waals surface area contributed by atoms with Crippen LogP contribution < -0.4 is 15.8 Å². The summed E-state index contributed by atoms with van der Waals surface area (Å²) < 4.78 is 28.0. The van der Waals surface area contributed by atoms with Gasteiger partial charge in [0.05, 0.1) is 16.9 Å². The molecule has 3 rings (SSSR count). The maximum atomic E-state index is 14.8. The van der Waals surface area contributed by atoms with E-state index in [1.54, 1.807) is 30.2 Å². The third-order valence-electron chi connectivity index (χ3n) is 9.09. The van der Waals surface area contributed by atoms with E-state index in [1.165, 1.54) is 19.1 Å². The predicted molar refractivity (Wildman–Crippen MR) is 181 cm³/mol. The first-order valence-corrected chi connectivity index (χ1v) is 17.4. The second-order valence-corrected chi connectivity index (χ2v) is 15.4. The number of hydrogen-bond donors (Lipinski definition) is 4. The zero-order valence-electron chi connectivity index (χ0n) is 27.4. The Morgan fingerprint density at radius 3 is 2.13 bits per heavy atom. The number of likely N-dealkylation sites (tertiary alicyclic amines) is 1. The fourth-order valence-electron chi connectivity index (χ4n) is 6.65. The zero-order chi connectivity index (χ0) is 33.8. The molecule has 0 spiro atoms. The minimum absolute atomic E-state index is 0.0347. The first-order valence-electron chi connectivity index (χ1n) is 15.2. The molecule has 0 aromatic heterocycles. The van der Waals surface area contributed by atoms with E-state index in [-0.39, 0.29) is 16.4 Å². The van der Waals surface area contributed by atoms with Crippen LogP contribution in [0.1, 0.15) is 71.9 Å². The van der Waals surface area contributed by atoms with Gasteiger partial charge in [0.15, 0.2) is 0 Å². The normalized spacial score (nSPS) is 18.5. The number of sulfonamides is 1. The second kappa shape index (κ2) is 14.1. The van der Waals surface area contributed by atoms with Crippen LogP contribution >= 0.6 is 12.6 Å². The van der Waals surface area contributed by atoms with E-state index in [1.807, 2.05) is 65.0 Å². The minimum Gasteiger partial charge on any atom is -0.368 e. The summed E-state index contributed by atoms with van der Waals surface area (Å²) in [5.74, 6) is -2.11. The van der Waals surface area contributed by atoms with Gasteiger partial charge in [-0.2, -0.15) is 12.6 Å². The molecule has 2 aromatic carbocycles.